The van der Waals surface area contributed by atoms with Gasteiger partial charge >= 0.3 is 0 Å². The molecule has 0 saturated heterocycles. The Morgan fingerprint density at radius 1 is 1.37 bits per heavy atom. The minimum Gasteiger partial charge on any atom is -0.354 e. The highest BCUT2D eigenvalue weighted by Gasteiger charge is 2.13. The van der Waals surface area contributed by atoms with E-state index >= 15 is 0 Å². The maximum atomic E-state index is 13.7. The summed E-state index contributed by atoms with van der Waals surface area (Å²) in [6, 6.07) is 6.58. The van der Waals surface area contributed by atoms with Crippen molar-refractivity contribution in [1.82, 2.24) is 15.2 Å². The molecule has 19 heavy (non-hydrogen) atoms. The molecule has 0 saturated carbocycles. The first-order valence-electron chi connectivity index (χ1n) is 5.62. The van der Waals surface area contributed by atoms with Crippen LogP contribution < -0.4 is 0 Å². The number of halogens is 2. The topological polar surface area (TPSA) is 41.6 Å². The van der Waals surface area contributed by atoms with Gasteiger partial charge in [-0.25, -0.2) is 4.39 Å². The van der Waals surface area contributed by atoms with Crippen molar-refractivity contribution in [3.05, 3.63) is 53.6 Å². The molecule has 1 aromatic carbocycles. The molecule has 94 valence electrons. The van der Waals surface area contributed by atoms with E-state index in [1.165, 1.54) is 12.3 Å². The Bertz CT molecular complexity index is 779. The van der Waals surface area contributed by atoms with E-state index in [0.29, 0.717) is 32.9 Å². The maximum absolute atomic E-state index is 13.7. The quantitative estimate of drug-likeness (QED) is 0.765. The third kappa shape index (κ3) is 1.90. The lowest BCUT2D eigenvalue weighted by Crippen LogP contribution is -1.92. The lowest BCUT2D eigenvalue weighted by Gasteiger charge is -2.03. The van der Waals surface area contributed by atoms with E-state index in [-0.39, 0.29) is 5.82 Å². The number of aromatic amines is 1. The monoisotopic (exact) mass is 273 g/mol. The van der Waals surface area contributed by atoms with Crippen molar-refractivity contribution >= 4 is 28.6 Å². The number of aromatic nitrogens is 3. The molecule has 1 N–H and O–H groups in total. The summed E-state index contributed by atoms with van der Waals surface area (Å²) in [6.07, 6.45) is 3.02. The van der Waals surface area contributed by atoms with Crippen molar-refractivity contribution in [1.29, 1.82) is 0 Å². The smallest absolute Gasteiger partial charge is 0.132 e. The van der Waals surface area contributed by atoms with Crippen LogP contribution >= 0.6 is 11.6 Å². The number of H-pyrrole nitrogens is 1. The molecule has 0 aliphatic carbocycles. The van der Waals surface area contributed by atoms with Gasteiger partial charge in [-0.05, 0) is 24.3 Å². The fourth-order valence-electron chi connectivity index (χ4n) is 2.04. The second kappa shape index (κ2) is 4.48. The Kier molecular flexibility index (Phi) is 2.80. The maximum Gasteiger partial charge on any atom is 0.132 e. The molecular weight excluding hydrogens is 265 g/mol. The SMILES string of the molecule is C=Cc1nncc(Cl)c1-c1cc2c(F)cccc2[nH]1. The molecule has 0 spiro atoms. The standard InChI is InChI=1S/C14H9ClFN3/c1-2-11-14(9(15)7-17-19-11)13-6-8-10(16)4-3-5-12(8)18-13/h2-7,18H,1H2. The van der Waals surface area contributed by atoms with Crippen LogP contribution in [0.3, 0.4) is 0 Å². The molecule has 0 atom stereocenters. The number of nitrogens with zero attached hydrogens (tertiary/aromatic N) is 2. The van der Waals surface area contributed by atoms with Gasteiger partial charge in [-0.15, -0.1) is 0 Å². The molecule has 3 rings (SSSR count). The number of hydrogen-bond acceptors (Lipinski definition) is 2. The molecule has 5 heteroatoms. The van der Waals surface area contributed by atoms with E-state index in [2.05, 4.69) is 21.8 Å². The number of nitrogens with one attached hydrogen (secondary N) is 1. The summed E-state index contributed by atoms with van der Waals surface area (Å²) in [7, 11) is 0. The van der Waals surface area contributed by atoms with Crippen LogP contribution in [0.2, 0.25) is 5.02 Å². The van der Waals surface area contributed by atoms with Gasteiger partial charge in [0.2, 0.25) is 0 Å². The fraction of sp³-hybridized carbons (Fsp3) is 0. The molecule has 0 fully saturated rings. The highest BCUT2D eigenvalue weighted by atomic mass is 35.5. The highest BCUT2D eigenvalue weighted by Crippen LogP contribution is 2.32. The fourth-order valence-corrected chi connectivity index (χ4v) is 2.28. The molecule has 2 aromatic heterocycles. The van der Waals surface area contributed by atoms with Crippen LogP contribution in [-0.4, -0.2) is 15.2 Å². The average molecular weight is 274 g/mol. The molecular formula is C14H9ClFN3. The molecule has 0 unspecified atom stereocenters. The van der Waals surface area contributed by atoms with Crippen LogP contribution in [0.15, 0.2) is 37.0 Å². The normalized spacial score (nSPS) is 10.8. The van der Waals surface area contributed by atoms with Crippen LogP contribution in [-0.2, 0) is 0 Å². The van der Waals surface area contributed by atoms with Gasteiger partial charge in [-0.3, -0.25) is 0 Å². The summed E-state index contributed by atoms with van der Waals surface area (Å²) < 4.78 is 13.7. The van der Waals surface area contributed by atoms with Gasteiger partial charge in [0.1, 0.15) is 5.82 Å². The van der Waals surface area contributed by atoms with E-state index < -0.39 is 0 Å². The number of hydrogen-bond donors (Lipinski definition) is 1. The predicted molar refractivity (Wildman–Crippen MR) is 74.4 cm³/mol. The lowest BCUT2D eigenvalue weighted by atomic mass is 10.1. The van der Waals surface area contributed by atoms with Crippen LogP contribution in [0.5, 0.6) is 0 Å². The van der Waals surface area contributed by atoms with Crippen molar-refractivity contribution in [2.45, 2.75) is 0 Å². The van der Waals surface area contributed by atoms with E-state index in [0.717, 1.165) is 0 Å². The molecule has 0 aliphatic heterocycles. The summed E-state index contributed by atoms with van der Waals surface area (Å²) in [5, 5.41) is 8.69. The highest BCUT2D eigenvalue weighted by molar-refractivity contribution is 6.33. The van der Waals surface area contributed by atoms with Gasteiger partial charge in [-0.1, -0.05) is 24.2 Å². The second-order valence-electron chi connectivity index (χ2n) is 4.04. The molecule has 0 amide bonds. The van der Waals surface area contributed by atoms with Gasteiger partial charge in [0.15, 0.2) is 0 Å². The number of fused-ring (bicyclic) bond motifs is 1. The van der Waals surface area contributed by atoms with Crippen molar-refractivity contribution in [3.63, 3.8) is 0 Å². The zero-order valence-corrected chi connectivity index (χ0v) is 10.6. The first-order valence-corrected chi connectivity index (χ1v) is 5.99. The van der Waals surface area contributed by atoms with E-state index in [1.54, 1.807) is 24.3 Å². The van der Waals surface area contributed by atoms with Crippen molar-refractivity contribution in [2.75, 3.05) is 0 Å². The number of benzene rings is 1. The van der Waals surface area contributed by atoms with Gasteiger partial charge in [0, 0.05) is 16.5 Å². The number of rotatable bonds is 2. The van der Waals surface area contributed by atoms with E-state index in [4.69, 9.17) is 11.6 Å². The van der Waals surface area contributed by atoms with Gasteiger partial charge in [0.25, 0.3) is 0 Å². The van der Waals surface area contributed by atoms with Gasteiger partial charge < -0.3 is 4.98 Å². The average Bonchev–Trinajstić information content (AvgIpc) is 2.83. The minimum absolute atomic E-state index is 0.279. The molecule has 3 aromatic rings. The van der Waals surface area contributed by atoms with Crippen LogP contribution in [0.4, 0.5) is 4.39 Å². The summed E-state index contributed by atoms with van der Waals surface area (Å²) in [5.74, 6) is -0.279. The Morgan fingerprint density at radius 2 is 2.21 bits per heavy atom. The zero-order chi connectivity index (χ0) is 13.4. The minimum atomic E-state index is -0.279. The van der Waals surface area contributed by atoms with Crippen molar-refractivity contribution < 1.29 is 4.39 Å². The first-order chi connectivity index (χ1) is 9.20. The lowest BCUT2D eigenvalue weighted by molar-refractivity contribution is 0.640. The van der Waals surface area contributed by atoms with Crippen LogP contribution in [0, 0.1) is 5.82 Å². The third-order valence-corrected chi connectivity index (χ3v) is 3.19. The summed E-state index contributed by atoms with van der Waals surface area (Å²) in [4.78, 5) is 3.13. The van der Waals surface area contributed by atoms with E-state index in [9.17, 15) is 4.39 Å². The van der Waals surface area contributed by atoms with E-state index in [1.807, 2.05) is 0 Å². The third-order valence-electron chi connectivity index (χ3n) is 2.91. The first kappa shape index (κ1) is 11.9. The Balaban J connectivity index is 2.31. The zero-order valence-electron chi connectivity index (χ0n) is 9.82. The van der Waals surface area contributed by atoms with Crippen LogP contribution in [0.1, 0.15) is 5.69 Å². The molecule has 0 bridgehead atoms. The Hall–Kier alpha value is -2.20. The summed E-state index contributed by atoms with van der Waals surface area (Å²) >= 11 is 6.15. The van der Waals surface area contributed by atoms with Crippen molar-refractivity contribution in [3.8, 4) is 11.3 Å². The van der Waals surface area contributed by atoms with Crippen molar-refractivity contribution in [2.24, 2.45) is 0 Å². The predicted octanol–water partition coefficient (Wildman–Crippen LogP) is 4.06. The molecule has 0 aliphatic rings. The molecule has 3 nitrogen and oxygen atoms in total. The summed E-state index contributed by atoms with van der Waals surface area (Å²) in [6.45, 7) is 3.68. The molecule has 2 heterocycles. The van der Waals surface area contributed by atoms with Gasteiger partial charge in [0.05, 0.1) is 22.6 Å². The largest absolute Gasteiger partial charge is 0.354 e. The second-order valence-corrected chi connectivity index (χ2v) is 4.45. The Morgan fingerprint density at radius 3 is 2.95 bits per heavy atom. The summed E-state index contributed by atoms with van der Waals surface area (Å²) in [5.41, 5.74) is 2.62. The van der Waals surface area contributed by atoms with Gasteiger partial charge in [-0.2, -0.15) is 10.2 Å². The van der Waals surface area contributed by atoms with Crippen LogP contribution in [0.25, 0.3) is 28.2 Å². The molecule has 0 radical (unpaired) electrons. The Labute approximate surface area is 113 Å².